The summed E-state index contributed by atoms with van der Waals surface area (Å²) in [4.78, 5) is 14.6. The van der Waals surface area contributed by atoms with Gasteiger partial charge in [0.05, 0.1) is 0 Å². The Balaban J connectivity index is 1.98. The highest BCUT2D eigenvalue weighted by Crippen LogP contribution is 2.35. The van der Waals surface area contributed by atoms with Crippen LogP contribution in [0.4, 0.5) is 5.69 Å². The molecule has 0 saturated carbocycles. The lowest BCUT2D eigenvalue weighted by atomic mass is 10.1. The molecule has 0 fully saturated rings. The third-order valence-corrected chi connectivity index (χ3v) is 4.27. The van der Waals surface area contributed by atoms with E-state index < -0.39 is 0 Å². The van der Waals surface area contributed by atoms with Gasteiger partial charge in [-0.15, -0.1) is 0 Å². The van der Waals surface area contributed by atoms with Crippen molar-refractivity contribution in [3.63, 3.8) is 0 Å². The van der Waals surface area contributed by atoms with E-state index in [9.17, 15) is 4.79 Å². The summed E-state index contributed by atoms with van der Waals surface area (Å²) in [6.45, 7) is 4.12. The largest absolute Gasteiger partial charge is 0.305 e. The number of rotatable bonds is 1. The zero-order chi connectivity index (χ0) is 14.3. The fraction of sp³-hybridized carbons (Fsp3) is 0.235. The van der Waals surface area contributed by atoms with E-state index in [0.717, 1.165) is 22.1 Å². The van der Waals surface area contributed by atoms with Crippen molar-refractivity contribution in [3.05, 3.63) is 63.6 Å². The third-order valence-electron chi connectivity index (χ3n) is 3.77. The van der Waals surface area contributed by atoms with Crippen LogP contribution >= 0.6 is 15.9 Å². The van der Waals surface area contributed by atoms with Crippen molar-refractivity contribution in [2.45, 2.75) is 26.3 Å². The van der Waals surface area contributed by atoms with Crippen LogP contribution in [-0.4, -0.2) is 11.9 Å². The zero-order valence-corrected chi connectivity index (χ0v) is 13.1. The molecule has 20 heavy (non-hydrogen) atoms. The second kappa shape index (κ2) is 5.06. The molecule has 0 unspecified atom stereocenters. The Hall–Kier alpha value is -1.61. The molecule has 0 saturated heterocycles. The monoisotopic (exact) mass is 329 g/mol. The van der Waals surface area contributed by atoms with E-state index in [4.69, 9.17) is 0 Å². The van der Waals surface area contributed by atoms with Crippen molar-refractivity contribution < 1.29 is 4.79 Å². The maximum Gasteiger partial charge on any atom is 0.258 e. The molecule has 1 heterocycles. The van der Waals surface area contributed by atoms with Gasteiger partial charge in [-0.3, -0.25) is 4.79 Å². The van der Waals surface area contributed by atoms with Crippen molar-refractivity contribution in [2.75, 3.05) is 4.90 Å². The van der Waals surface area contributed by atoms with Gasteiger partial charge in [0.2, 0.25) is 0 Å². The first kappa shape index (κ1) is 13.4. The van der Waals surface area contributed by atoms with E-state index in [-0.39, 0.29) is 11.9 Å². The molecule has 3 rings (SSSR count). The molecule has 2 aromatic rings. The fourth-order valence-corrected chi connectivity index (χ4v) is 3.15. The van der Waals surface area contributed by atoms with E-state index in [1.165, 1.54) is 11.1 Å². The number of nitrogens with zero attached hydrogens (tertiary/aromatic N) is 1. The van der Waals surface area contributed by atoms with Gasteiger partial charge in [0.15, 0.2) is 0 Å². The number of hydrogen-bond donors (Lipinski definition) is 0. The Kier molecular flexibility index (Phi) is 3.38. The summed E-state index contributed by atoms with van der Waals surface area (Å²) in [7, 11) is 0. The van der Waals surface area contributed by atoms with Crippen molar-refractivity contribution in [1.82, 2.24) is 0 Å². The highest BCUT2D eigenvalue weighted by molar-refractivity contribution is 9.10. The number of amides is 1. The topological polar surface area (TPSA) is 20.3 Å². The summed E-state index contributed by atoms with van der Waals surface area (Å²) in [6, 6.07) is 14.1. The number of carbonyl (C=O) groups excluding carboxylic acids is 1. The second-order valence-electron chi connectivity index (χ2n) is 5.37. The molecular formula is C17H16BrNO. The number of aryl methyl sites for hydroxylation is 1. The van der Waals surface area contributed by atoms with Gasteiger partial charge in [-0.05, 0) is 56.2 Å². The first-order valence-electron chi connectivity index (χ1n) is 6.75. The van der Waals surface area contributed by atoms with Crippen LogP contribution in [0.25, 0.3) is 0 Å². The van der Waals surface area contributed by atoms with Gasteiger partial charge in [-0.25, -0.2) is 0 Å². The smallest absolute Gasteiger partial charge is 0.258 e. The Morgan fingerprint density at radius 3 is 2.60 bits per heavy atom. The molecule has 1 atom stereocenters. The molecule has 0 aliphatic carbocycles. The highest BCUT2D eigenvalue weighted by atomic mass is 79.9. The molecule has 2 aromatic carbocycles. The van der Waals surface area contributed by atoms with Gasteiger partial charge in [-0.2, -0.15) is 0 Å². The number of halogens is 1. The van der Waals surface area contributed by atoms with Crippen LogP contribution < -0.4 is 4.90 Å². The Bertz CT molecular complexity index is 663. The van der Waals surface area contributed by atoms with Crippen molar-refractivity contribution in [1.29, 1.82) is 0 Å². The lowest BCUT2D eigenvalue weighted by Gasteiger charge is -2.23. The van der Waals surface area contributed by atoms with Crippen LogP contribution in [0.5, 0.6) is 0 Å². The van der Waals surface area contributed by atoms with Gasteiger partial charge in [0.1, 0.15) is 0 Å². The standard InChI is InChI=1S/C17H16BrNO/c1-11-3-5-13(6-4-11)17(20)19-12(2)9-14-10-15(18)7-8-16(14)19/h3-8,10,12H,9H2,1-2H3/t12-/m0/s1. The van der Waals surface area contributed by atoms with Crippen LogP contribution in [0.3, 0.4) is 0 Å². The van der Waals surface area contributed by atoms with E-state index >= 15 is 0 Å². The van der Waals surface area contributed by atoms with Crippen LogP contribution in [0.15, 0.2) is 46.9 Å². The number of benzene rings is 2. The molecule has 0 N–H and O–H groups in total. The third kappa shape index (κ3) is 2.27. The van der Waals surface area contributed by atoms with Crippen molar-refractivity contribution >= 4 is 27.5 Å². The first-order chi connectivity index (χ1) is 9.56. The van der Waals surface area contributed by atoms with Crippen LogP contribution in [0, 0.1) is 6.92 Å². The van der Waals surface area contributed by atoms with Gasteiger partial charge in [-0.1, -0.05) is 33.6 Å². The Labute approximate surface area is 127 Å². The van der Waals surface area contributed by atoms with Gasteiger partial charge in [0.25, 0.3) is 5.91 Å². The minimum Gasteiger partial charge on any atom is -0.305 e. The predicted molar refractivity (Wildman–Crippen MR) is 85.3 cm³/mol. The summed E-state index contributed by atoms with van der Waals surface area (Å²) in [6.07, 6.45) is 0.909. The van der Waals surface area contributed by atoms with Gasteiger partial charge < -0.3 is 4.90 Å². The van der Waals surface area contributed by atoms with Crippen LogP contribution in [-0.2, 0) is 6.42 Å². The highest BCUT2D eigenvalue weighted by Gasteiger charge is 2.31. The average molecular weight is 330 g/mol. The predicted octanol–water partition coefficient (Wildman–Crippen LogP) is 4.35. The minimum atomic E-state index is 0.0820. The van der Waals surface area contributed by atoms with Gasteiger partial charge in [0, 0.05) is 21.8 Å². The lowest BCUT2D eigenvalue weighted by Crippen LogP contribution is -2.35. The fourth-order valence-electron chi connectivity index (χ4n) is 2.74. The zero-order valence-electron chi connectivity index (χ0n) is 11.6. The van der Waals surface area contributed by atoms with E-state index in [1.807, 2.05) is 48.2 Å². The maximum atomic E-state index is 12.7. The molecule has 1 amide bonds. The van der Waals surface area contributed by atoms with Gasteiger partial charge >= 0.3 is 0 Å². The minimum absolute atomic E-state index is 0.0820. The molecule has 102 valence electrons. The number of carbonyl (C=O) groups is 1. The summed E-state index contributed by atoms with van der Waals surface area (Å²) in [5.74, 6) is 0.0820. The molecule has 0 spiro atoms. The molecule has 2 nitrogen and oxygen atoms in total. The molecule has 0 bridgehead atoms. The summed E-state index contributed by atoms with van der Waals surface area (Å²) < 4.78 is 1.06. The number of anilines is 1. The second-order valence-corrected chi connectivity index (χ2v) is 6.28. The first-order valence-corrected chi connectivity index (χ1v) is 7.54. The van der Waals surface area contributed by atoms with Crippen LogP contribution in [0.1, 0.15) is 28.4 Å². The normalized spacial score (nSPS) is 17.1. The average Bonchev–Trinajstić information content (AvgIpc) is 2.73. The van der Waals surface area contributed by atoms with E-state index in [1.54, 1.807) is 0 Å². The SMILES string of the molecule is Cc1ccc(C(=O)N2c3ccc(Br)cc3C[C@@H]2C)cc1. The molecule has 1 aliphatic rings. The van der Waals surface area contributed by atoms with E-state index in [2.05, 4.69) is 28.9 Å². The maximum absolute atomic E-state index is 12.7. The Morgan fingerprint density at radius 2 is 1.90 bits per heavy atom. The molecule has 3 heteroatoms. The van der Waals surface area contributed by atoms with E-state index in [0.29, 0.717) is 0 Å². The quantitative estimate of drug-likeness (QED) is 0.761. The number of fused-ring (bicyclic) bond motifs is 1. The lowest BCUT2D eigenvalue weighted by molar-refractivity contribution is 0.0981. The molecule has 1 aliphatic heterocycles. The van der Waals surface area contributed by atoms with Crippen molar-refractivity contribution in [3.8, 4) is 0 Å². The summed E-state index contributed by atoms with van der Waals surface area (Å²) in [5, 5.41) is 0. The molecule has 0 aromatic heterocycles. The Morgan fingerprint density at radius 1 is 1.20 bits per heavy atom. The summed E-state index contributed by atoms with van der Waals surface area (Å²) >= 11 is 3.49. The number of hydrogen-bond acceptors (Lipinski definition) is 1. The summed E-state index contributed by atoms with van der Waals surface area (Å²) in [5.41, 5.74) is 4.18. The molecule has 0 radical (unpaired) electrons. The molecular weight excluding hydrogens is 314 g/mol. The van der Waals surface area contributed by atoms with Crippen molar-refractivity contribution in [2.24, 2.45) is 0 Å². The van der Waals surface area contributed by atoms with Crippen LogP contribution in [0.2, 0.25) is 0 Å².